The Morgan fingerprint density at radius 2 is 1.97 bits per heavy atom. The van der Waals surface area contributed by atoms with Gasteiger partial charge in [-0.3, -0.25) is 9.59 Å². The first-order chi connectivity index (χ1) is 15.8. The van der Waals surface area contributed by atoms with Crippen LogP contribution < -0.4 is 10.2 Å². The summed E-state index contributed by atoms with van der Waals surface area (Å²) in [6.07, 6.45) is 1.42. The third kappa shape index (κ3) is 4.55. The largest absolute Gasteiger partial charge is 0.465 e. The average molecular weight is 488 g/mol. The molecule has 2 aromatic heterocycles. The van der Waals surface area contributed by atoms with Gasteiger partial charge in [-0.05, 0) is 25.1 Å². The molecule has 3 heterocycles. The second-order valence-electron chi connectivity index (χ2n) is 7.45. The van der Waals surface area contributed by atoms with Crippen LogP contribution in [0.1, 0.15) is 22.5 Å². The van der Waals surface area contributed by atoms with E-state index in [2.05, 4.69) is 15.4 Å². The van der Waals surface area contributed by atoms with Crippen molar-refractivity contribution in [3.8, 4) is 5.82 Å². The number of aromatic nitrogens is 3. The third-order valence-corrected chi connectivity index (χ3v) is 5.65. The fourth-order valence-electron chi connectivity index (χ4n) is 3.65. The standard InChI is InChI=1S/C22H19Cl2N5O4/c1-12-7-18(29(27-12)20-16(24)9-14(23)10-25-20)26-21(31)13-8-19(30)28(11-13)17-6-4-3-5-15(17)22(32)33-2/h3-7,9-10,13H,8,11H2,1-2H3,(H,26,31). The summed E-state index contributed by atoms with van der Waals surface area (Å²) in [5, 5.41) is 7.80. The Kier molecular flexibility index (Phi) is 6.35. The van der Waals surface area contributed by atoms with Crippen LogP contribution >= 0.6 is 23.2 Å². The van der Waals surface area contributed by atoms with Crippen LogP contribution in [-0.2, 0) is 14.3 Å². The van der Waals surface area contributed by atoms with Gasteiger partial charge < -0.3 is 15.0 Å². The number of amides is 2. The number of rotatable bonds is 5. The third-order valence-electron chi connectivity index (χ3n) is 5.17. The molecule has 3 aromatic rings. The molecule has 11 heteroatoms. The van der Waals surface area contributed by atoms with Gasteiger partial charge in [-0.25, -0.2) is 9.78 Å². The number of hydrogen-bond donors (Lipinski definition) is 1. The maximum atomic E-state index is 13.0. The first-order valence-electron chi connectivity index (χ1n) is 9.95. The number of esters is 1. The zero-order valence-electron chi connectivity index (χ0n) is 17.7. The Hall–Kier alpha value is -3.43. The molecule has 170 valence electrons. The van der Waals surface area contributed by atoms with E-state index in [1.54, 1.807) is 37.3 Å². The van der Waals surface area contributed by atoms with Gasteiger partial charge in [-0.15, -0.1) is 0 Å². The van der Waals surface area contributed by atoms with Crippen molar-refractivity contribution in [3.63, 3.8) is 0 Å². The first kappa shape index (κ1) is 22.8. The number of nitrogens with zero attached hydrogens (tertiary/aromatic N) is 4. The predicted octanol–water partition coefficient (Wildman–Crippen LogP) is 3.66. The average Bonchev–Trinajstić information content (AvgIpc) is 3.35. The van der Waals surface area contributed by atoms with Crippen LogP contribution in [0.4, 0.5) is 11.5 Å². The molecule has 4 rings (SSSR count). The molecule has 9 nitrogen and oxygen atoms in total. The highest BCUT2D eigenvalue weighted by Gasteiger charge is 2.37. The maximum Gasteiger partial charge on any atom is 0.339 e. The van der Waals surface area contributed by atoms with Crippen LogP contribution in [0.5, 0.6) is 0 Å². The summed E-state index contributed by atoms with van der Waals surface area (Å²) in [5.41, 5.74) is 1.29. The highest BCUT2D eigenvalue weighted by Crippen LogP contribution is 2.30. The van der Waals surface area contributed by atoms with Crippen LogP contribution in [0.15, 0.2) is 42.6 Å². The van der Waals surface area contributed by atoms with Crippen molar-refractivity contribution in [2.75, 3.05) is 23.9 Å². The molecule has 0 spiro atoms. The zero-order valence-corrected chi connectivity index (χ0v) is 19.2. The fourth-order valence-corrected chi connectivity index (χ4v) is 4.11. The van der Waals surface area contributed by atoms with E-state index in [0.29, 0.717) is 28.0 Å². The molecule has 1 N–H and O–H groups in total. The van der Waals surface area contributed by atoms with Gasteiger partial charge in [-0.2, -0.15) is 9.78 Å². The summed E-state index contributed by atoms with van der Waals surface area (Å²) in [5.74, 6) is -1.17. The van der Waals surface area contributed by atoms with Crippen LogP contribution in [0.25, 0.3) is 5.82 Å². The number of ether oxygens (including phenoxy) is 1. The van der Waals surface area contributed by atoms with Gasteiger partial charge in [0, 0.05) is 25.2 Å². The molecule has 33 heavy (non-hydrogen) atoms. The normalized spacial score (nSPS) is 15.6. The number of aryl methyl sites for hydroxylation is 1. The molecule has 1 saturated heterocycles. The number of para-hydroxylation sites is 1. The number of hydrogen-bond acceptors (Lipinski definition) is 6. The minimum atomic E-state index is -0.638. The zero-order chi connectivity index (χ0) is 23.7. The summed E-state index contributed by atoms with van der Waals surface area (Å²) in [6, 6.07) is 9.82. The number of nitrogens with one attached hydrogen (secondary N) is 1. The van der Waals surface area contributed by atoms with Crippen molar-refractivity contribution < 1.29 is 19.1 Å². The summed E-state index contributed by atoms with van der Waals surface area (Å²) >= 11 is 12.2. The van der Waals surface area contributed by atoms with E-state index in [9.17, 15) is 14.4 Å². The van der Waals surface area contributed by atoms with Crippen molar-refractivity contribution in [2.45, 2.75) is 13.3 Å². The first-order valence-corrected chi connectivity index (χ1v) is 10.7. The molecule has 1 atom stereocenters. The molecule has 0 saturated carbocycles. The molecule has 1 aromatic carbocycles. The number of benzene rings is 1. The van der Waals surface area contributed by atoms with Crippen molar-refractivity contribution in [1.82, 2.24) is 14.8 Å². The van der Waals surface area contributed by atoms with E-state index in [0.717, 1.165) is 0 Å². The molecule has 0 radical (unpaired) electrons. The Balaban J connectivity index is 1.56. The van der Waals surface area contributed by atoms with E-state index >= 15 is 0 Å². The quantitative estimate of drug-likeness (QED) is 0.550. The lowest BCUT2D eigenvalue weighted by molar-refractivity contribution is -0.122. The topological polar surface area (TPSA) is 106 Å². The lowest BCUT2D eigenvalue weighted by atomic mass is 10.1. The lowest BCUT2D eigenvalue weighted by Crippen LogP contribution is -2.29. The highest BCUT2D eigenvalue weighted by molar-refractivity contribution is 6.35. The van der Waals surface area contributed by atoms with Crippen molar-refractivity contribution in [1.29, 1.82) is 0 Å². The number of carbonyl (C=O) groups excluding carboxylic acids is 3. The number of methoxy groups -OCH3 is 1. The summed E-state index contributed by atoms with van der Waals surface area (Å²) in [7, 11) is 1.27. The molecule has 0 bridgehead atoms. The molecule has 1 unspecified atom stereocenters. The second-order valence-corrected chi connectivity index (χ2v) is 8.29. The minimum Gasteiger partial charge on any atom is -0.465 e. The Bertz CT molecular complexity index is 1260. The molecule has 1 aliphatic heterocycles. The van der Waals surface area contributed by atoms with Gasteiger partial charge in [0.15, 0.2) is 5.82 Å². The Morgan fingerprint density at radius 1 is 1.21 bits per heavy atom. The molecular weight excluding hydrogens is 469 g/mol. The second kappa shape index (κ2) is 9.21. The molecular formula is C22H19Cl2N5O4. The summed E-state index contributed by atoms with van der Waals surface area (Å²) in [4.78, 5) is 43.5. The maximum absolute atomic E-state index is 13.0. The SMILES string of the molecule is COC(=O)c1ccccc1N1CC(C(=O)Nc2cc(C)nn2-c2ncc(Cl)cc2Cl)CC1=O. The van der Waals surface area contributed by atoms with Gasteiger partial charge in [-0.1, -0.05) is 35.3 Å². The van der Waals surface area contributed by atoms with Crippen LogP contribution in [-0.4, -0.2) is 46.2 Å². The monoisotopic (exact) mass is 487 g/mol. The van der Waals surface area contributed by atoms with Gasteiger partial charge >= 0.3 is 5.97 Å². The number of carbonyl (C=O) groups is 3. The van der Waals surface area contributed by atoms with Gasteiger partial charge in [0.25, 0.3) is 0 Å². The fraction of sp³-hybridized carbons (Fsp3) is 0.227. The lowest BCUT2D eigenvalue weighted by Gasteiger charge is -2.19. The van der Waals surface area contributed by atoms with Crippen LogP contribution in [0, 0.1) is 12.8 Å². The van der Waals surface area contributed by atoms with Gasteiger partial charge in [0.2, 0.25) is 11.8 Å². The van der Waals surface area contributed by atoms with Crippen molar-refractivity contribution in [2.24, 2.45) is 5.92 Å². The summed E-state index contributed by atoms with van der Waals surface area (Å²) in [6.45, 7) is 1.88. The minimum absolute atomic E-state index is 0.00555. The van der Waals surface area contributed by atoms with E-state index < -0.39 is 11.9 Å². The van der Waals surface area contributed by atoms with Crippen molar-refractivity contribution in [3.05, 3.63) is 63.9 Å². The molecule has 1 fully saturated rings. The highest BCUT2D eigenvalue weighted by atomic mass is 35.5. The number of pyridine rings is 1. The molecule has 2 amide bonds. The van der Waals surface area contributed by atoms with Crippen molar-refractivity contribution >= 4 is 52.5 Å². The predicted molar refractivity (Wildman–Crippen MR) is 123 cm³/mol. The smallest absolute Gasteiger partial charge is 0.339 e. The molecule has 0 aliphatic carbocycles. The van der Waals surface area contributed by atoms with E-state index in [4.69, 9.17) is 27.9 Å². The number of anilines is 2. The van der Waals surface area contributed by atoms with E-state index in [1.165, 1.54) is 29.0 Å². The Labute approximate surface area is 199 Å². The van der Waals surface area contributed by atoms with E-state index in [-0.39, 0.29) is 35.4 Å². The number of halogens is 2. The Morgan fingerprint density at radius 3 is 2.70 bits per heavy atom. The van der Waals surface area contributed by atoms with Crippen LogP contribution in [0.3, 0.4) is 0 Å². The molecule has 1 aliphatic rings. The summed E-state index contributed by atoms with van der Waals surface area (Å²) < 4.78 is 6.22. The van der Waals surface area contributed by atoms with Gasteiger partial charge in [0.05, 0.1) is 40.0 Å². The van der Waals surface area contributed by atoms with E-state index in [1.807, 2.05) is 0 Å². The van der Waals surface area contributed by atoms with Crippen LogP contribution in [0.2, 0.25) is 10.0 Å². The van der Waals surface area contributed by atoms with Gasteiger partial charge in [0.1, 0.15) is 5.82 Å².